The number of benzene rings is 1. The Morgan fingerprint density at radius 3 is 2.69 bits per heavy atom. The standard InChI is InChI=1S/C11H8BrNO2S/c1-13-10(14)9(16-11(13)15)6-7-3-2-4-8(12)5-7/h2-6H,1H3/b9-6-. The number of thioether (sulfide) groups is 1. The number of imide groups is 1. The molecule has 2 amide bonds. The van der Waals surface area contributed by atoms with Crippen molar-refractivity contribution in [3.05, 3.63) is 39.2 Å². The molecule has 16 heavy (non-hydrogen) atoms. The van der Waals surface area contributed by atoms with Crippen molar-refractivity contribution >= 4 is 44.9 Å². The molecule has 0 unspecified atom stereocenters. The van der Waals surface area contributed by atoms with E-state index in [-0.39, 0.29) is 11.1 Å². The van der Waals surface area contributed by atoms with E-state index in [0.717, 1.165) is 26.7 Å². The summed E-state index contributed by atoms with van der Waals surface area (Å²) in [6.45, 7) is 0. The van der Waals surface area contributed by atoms with E-state index >= 15 is 0 Å². The van der Waals surface area contributed by atoms with Gasteiger partial charge in [-0.15, -0.1) is 0 Å². The number of halogens is 1. The van der Waals surface area contributed by atoms with Gasteiger partial charge in [0.05, 0.1) is 4.91 Å². The van der Waals surface area contributed by atoms with Gasteiger partial charge in [-0.2, -0.15) is 0 Å². The monoisotopic (exact) mass is 297 g/mol. The van der Waals surface area contributed by atoms with Crippen molar-refractivity contribution in [3.63, 3.8) is 0 Å². The highest BCUT2D eigenvalue weighted by Gasteiger charge is 2.31. The number of hydrogen-bond acceptors (Lipinski definition) is 3. The molecule has 0 aliphatic carbocycles. The Bertz CT molecular complexity index is 499. The van der Waals surface area contributed by atoms with Crippen molar-refractivity contribution in [2.24, 2.45) is 0 Å². The summed E-state index contributed by atoms with van der Waals surface area (Å²) in [5.41, 5.74) is 0.897. The summed E-state index contributed by atoms with van der Waals surface area (Å²) in [5, 5.41) is -0.230. The van der Waals surface area contributed by atoms with Crippen LogP contribution in [0.3, 0.4) is 0 Å². The minimum absolute atomic E-state index is 0.230. The van der Waals surface area contributed by atoms with E-state index in [2.05, 4.69) is 15.9 Å². The highest BCUT2D eigenvalue weighted by atomic mass is 79.9. The van der Waals surface area contributed by atoms with E-state index in [1.54, 1.807) is 6.08 Å². The normalized spacial score (nSPS) is 18.6. The van der Waals surface area contributed by atoms with Crippen LogP contribution in [0.15, 0.2) is 33.6 Å². The predicted molar refractivity (Wildman–Crippen MR) is 67.9 cm³/mol. The zero-order chi connectivity index (χ0) is 11.7. The van der Waals surface area contributed by atoms with Crippen LogP contribution in [0.1, 0.15) is 5.56 Å². The first kappa shape index (κ1) is 11.4. The van der Waals surface area contributed by atoms with E-state index in [1.807, 2.05) is 24.3 Å². The molecule has 1 aromatic carbocycles. The second-order valence-corrected chi connectivity index (χ2v) is 5.20. The zero-order valence-corrected chi connectivity index (χ0v) is 10.8. The van der Waals surface area contributed by atoms with Crippen LogP contribution in [0.2, 0.25) is 0 Å². The predicted octanol–water partition coefficient (Wildman–Crippen LogP) is 3.12. The van der Waals surface area contributed by atoms with Crippen LogP contribution >= 0.6 is 27.7 Å². The fourth-order valence-electron chi connectivity index (χ4n) is 1.29. The second kappa shape index (κ2) is 4.43. The van der Waals surface area contributed by atoms with Gasteiger partial charge in [-0.05, 0) is 35.5 Å². The van der Waals surface area contributed by atoms with Gasteiger partial charge in [-0.1, -0.05) is 28.1 Å². The molecular weight excluding hydrogens is 290 g/mol. The fraction of sp³-hybridized carbons (Fsp3) is 0.0909. The minimum atomic E-state index is -0.241. The minimum Gasteiger partial charge on any atom is -0.272 e. The average Bonchev–Trinajstić information content (AvgIpc) is 2.47. The zero-order valence-electron chi connectivity index (χ0n) is 8.44. The van der Waals surface area contributed by atoms with E-state index in [9.17, 15) is 9.59 Å². The first-order valence-corrected chi connectivity index (χ1v) is 6.16. The van der Waals surface area contributed by atoms with Crippen molar-refractivity contribution in [2.45, 2.75) is 0 Å². The lowest BCUT2D eigenvalue weighted by Crippen LogP contribution is -2.22. The molecular formula is C11H8BrNO2S. The molecule has 0 spiro atoms. The molecule has 0 radical (unpaired) electrons. The summed E-state index contributed by atoms with van der Waals surface area (Å²) >= 11 is 4.32. The SMILES string of the molecule is CN1C(=O)S/C(=C\c2cccc(Br)c2)C1=O. The first-order valence-electron chi connectivity index (χ1n) is 4.55. The van der Waals surface area contributed by atoms with Gasteiger partial charge in [-0.3, -0.25) is 14.5 Å². The van der Waals surface area contributed by atoms with Gasteiger partial charge in [0, 0.05) is 11.5 Å². The van der Waals surface area contributed by atoms with Crippen molar-refractivity contribution in [3.8, 4) is 0 Å². The Labute approximate surface area is 106 Å². The molecule has 0 saturated carbocycles. The number of nitrogens with zero attached hydrogens (tertiary/aromatic N) is 1. The van der Waals surface area contributed by atoms with Gasteiger partial charge in [0.1, 0.15) is 0 Å². The van der Waals surface area contributed by atoms with Gasteiger partial charge in [-0.25, -0.2) is 0 Å². The molecule has 0 N–H and O–H groups in total. The Kier molecular flexibility index (Phi) is 3.16. The number of likely N-dealkylation sites (N-methyl/N-ethyl adjacent to an activating group) is 1. The molecule has 1 aliphatic rings. The summed E-state index contributed by atoms with van der Waals surface area (Å²) < 4.78 is 0.942. The maximum atomic E-state index is 11.6. The largest absolute Gasteiger partial charge is 0.293 e. The lowest BCUT2D eigenvalue weighted by Gasteiger charge is -2.01. The molecule has 1 aromatic rings. The van der Waals surface area contributed by atoms with E-state index in [1.165, 1.54) is 7.05 Å². The number of carbonyl (C=O) groups excluding carboxylic acids is 2. The Balaban J connectivity index is 2.33. The molecule has 1 saturated heterocycles. The molecule has 0 atom stereocenters. The topological polar surface area (TPSA) is 37.4 Å². The fourth-order valence-corrected chi connectivity index (χ4v) is 2.54. The van der Waals surface area contributed by atoms with Crippen LogP contribution < -0.4 is 0 Å². The summed E-state index contributed by atoms with van der Waals surface area (Å²) in [4.78, 5) is 24.5. The van der Waals surface area contributed by atoms with Crippen molar-refractivity contribution in [1.82, 2.24) is 4.90 Å². The number of rotatable bonds is 1. The van der Waals surface area contributed by atoms with E-state index in [4.69, 9.17) is 0 Å². The lowest BCUT2D eigenvalue weighted by atomic mass is 10.2. The van der Waals surface area contributed by atoms with Crippen LogP contribution in [0.5, 0.6) is 0 Å². The van der Waals surface area contributed by atoms with Gasteiger partial charge in [0.15, 0.2) is 0 Å². The number of amides is 2. The molecule has 2 rings (SSSR count). The van der Waals surface area contributed by atoms with Crippen LogP contribution in [0, 0.1) is 0 Å². The van der Waals surface area contributed by atoms with E-state index < -0.39 is 0 Å². The van der Waals surface area contributed by atoms with Crippen molar-refractivity contribution in [1.29, 1.82) is 0 Å². The maximum Gasteiger partial charge on any atom is 0.293 e. The molecule has 5 heteroatoms. The van der Waals surface area contributed by atoms with Gasteiger partial charge >= 0.3 is 0 Å². The van der Waals surface area contributed by atoms with Crippen molar-refractivity contribution in [2.75, 3.05) is 7.05 Å². The Morgan fingerprint density at radius 2 is 2.12 bits per heavy atom. The third-order valence-electron chi connectivity index (χ3n) is 2.13. The highest BCUT2D eigenvalue weighted by Crippen LogP contribution is 2.31. The van der Waals surface area contributed by atoms with Gasteiger partial charge in [0.25, 0.3) is 11.1 Å². The number of hydrogen-bond donors (Lipinski definition) is 0. The van der Waals surface area contributed by atoms with Crippen LogP contribution in [-0.4, -0.2) is 23.1 Å². The molecule has 3 nitrogen and oxygen atoms in total. The third kappa shape index (κ3) is 2.20. The molecule has 0 aromatic heterocycles. The Morgan fingerprint density at radius 1 is 1.38 bits per heavy atom. The second-order valence-electron chi connectivity index (χ2n) is 3.30. The molecule has 0 bridgehead atoms. The van der Waals surface area contributed by atoms with Gasteiger partial charge in [0.2, 0.25) is 0 Å². The smallest absolute Gasteiger partial charge is 0.272 e. The summed E-state index contributed by atoms with van der Waals surface area (Å²) in [6, 6.07) is 7.56. The summed E-state index contributed by atoms with van der Waals surface area (Å²) in [6.07, 6.45) is 1.72. The number of carbonyl (C=O) groups is 2. The van der Waals surface area contributed by atoms with Crippen LogP contribution in [0.25, 0.3) is 6.08 Å². The van der Waals surface area contributed by atoms with E-state index in [0.29, 0.717) is 4.91 Å². The Hall–Kier alpha value is -1.07. The molecule has 1 heterocycles. The van der Waals surface area contributed by atoms with Gasteiger partial charge < -0.3 is 0 Å². The average molecular weight is 298 g/mol. The first-order chi connectivity index (χ1) is 7.58. The summed E-state index contributed by atoms with van der Waals surface area (Å²) in [5.74, 6) is -0.241. The van der Waals surface area contributed by atoms with Crippen LogP contribution in [-0.2, 0) is 4.79 Å². The lowest BCUT2D eigenvalue weighted by molar-refractivity contribution is -0.121. The molecule has 1 fully saturated rings. The highest BCUT2D eigenvalue weighted by molar-refractivity contribution is 9.10. The molecule has 82 valence electrons. The third-order valence-corrected chi connectivity index (χ3v) is 3.59. The quantitative estimate of drug-likeness (QED) is 0.748. The molecule has 1 aliphatic heterocycles. The maximum absolute atomic E-state index is 11.6. The van der Waals surface area contributed by atoms with Crippen molar-refractivity contribution < 1.29 is 9.59 Å². The van der Waals surface area contributed by atoms with Crippen LogP contribution in [0.4, 0.5) is 4.79 Å². The summed E-state index contributed by atoms with van der Waals surface area (Å²) in [7, 11) is 1.49.